The summed E-state index contributed by atoms with van der Waals surface area (Å²) in [5.74, 6) is 1.56. The molecular formula is C13H13BrN2O. The van der Waals surface area contributed by atoms with E-state index in [-0.39, 0.29) is 0 Å². The van der Waals surface area contributed by atoms with Gasteiger partial charge in [-0.1, -0.05) is 28.8 Å². The molecule has 0 amide bonds. The Morgan fingerprint density at radius 2 is 2.18 bits per heavy atom. The van der Waals surface area contributed by atoms with Crippen molar-refractivity contribution < 1.29 is 4.79 Å². The number of hydrogen-bond donors (Lipinski definition) is 0. The third-order valence-electron chi connectivity index (χ3n) is 3.49. The number of pyridine rings is 1. The molecule has 0 spiro atoms. The summed E-state index contributed by atoms with van der Waals surface area (Å²) in [5.41, 5.74) is 1.45. The lowest BCUT2D eigenvalue weighted by Crippen LogP contribution is -1.99. The molecule has 2 heterocycles. The number of hydrogen-bond acceptors (Lipinski definition) is 2. The lowest BCUT2D eigenvalue weighted by molar-refractivity contribution is 0.112. The highest BCUT2D eigenvalue weighted by Gasteiger charge is 2.23. The van der Waals surface area contributed by atoms with Crippen molar-refractivity contribution in [3.63, 3.8) is 0 Å². The lowest BCUT2D eigenvalue weighted by atomic mass is 10.1. The van der Waals surface area contributed by atoms with Gasteiger partial charge in [-0.05, 0) is 25.0 Å². The van der Waals surface area contributed by atoms with Crippen LogP contribution >= 0.6 is 15.9 Å². The first-order valence-corrected chi connectivity index (χ1v) is 6.71. The molecule has 0 aliphatic heterocycles. The van der Waals surface area contributed by atoms with Gasteiger partial charge in [-0.3, -0.25) is 4.79 Å². The normalized spacial score (nSPS) is 16.8. The average Bonchev–Trinajstić information content (AvgIpc) is 2.94. The molecule has 0 saturated heterocycles. The number of aldehydes is 1. The first kappa shape index (κ1) is 11.0. The zero-order valence-corrected chi connectivity index (χ0v) is 11.0. The van der Waals surface area contributed by atoms with E-state index in [9.17, 15) is 4.79 Å². The number of halogens is 1. The summed E-state index contributed by atoms with van der Waals surface area (Å²) in [4.78, 5) is 15.6. The van der Waals surface area contributed by atoms with Gasteiger partial charge in [-0.25, -0.2) is 4.98 Å². The summed E-state index contributed by atoms with van der Waals surface area (Å²) in [6.07, 6.45) is 7.76. The molecular weight excluding hydrogens is 280 g/mol. The maximum Gasteiger partial charge on any atom is 0.170 e. The summed E-state index contributed by atoms with van der Waals surface area (Å²) < 4.78 is 3.04. The number of fused-ring (bicyclic) bond motifs is 1. The van der Waals surface area contributed by atoms with Crippen LogP contribution in [0.15, 0.2) is 22.8 Å². The van der Waals surface area contributed by atoms with E-state index in [0.717, 1.165) is 22.1 Å². The van der Waals surface area contributed by atoms with Crippen molar-refractivity contribution in [2.24, 2.45) is 0 Å². The second-order valence-electron chi connectivity index (χ2n) is 4.55. The number of carbonyl (C=O) groups is 1. The Kier molecular flexibility index (Phi) is 2.74. The monoisotopic (exact) mass is 292 g/mol. The van der Waals surface area contributed by atoms with Gasteiger partial charge in [0.2, 0.25) is 0 Å². The van der Waals surface area contributed by atoms with Crippen molar-refractivity contribution in [1.82, 2.24) is 9.38 Å². The minimum Gasteiger partial charge on any atom is -0.303 e. The van der Waals surface area contributed by atoms with Crippen LogP contribution in [0.25, 0.3) is 5.52 Å². The van der Waals surface area contributed by atoms with Gasteiger partial charge in [0.25, 0.3) is 0 Å². The molecule has 0 radical (unpaired) electrons. The Hall–Kier alpha value is -1.16. The zero-order valence-electron chi connectivity index (χ0n) is 9.40. The fraction of sp³-hybridized carbons (Fsp3) is 0.385. The average molecular weight is 293 g/mol. The van der Waals surface area contributed by atoms with Crippen molar-refractivity contribution >= 4 is 27.7 Å². The number of nitrogens with zero attached hydrogens (tertiary/aromatic N) is 2. The third-order valence-corrected chi connectivity index (χ3v) is 3.99. The number of imidazole rings is 1. The van der Waals surface area contributed by atoms with Crippen LogP contribution in [0.5, 0.6) is 0 Å². The fourth-order valence-electron chi connectivity index (χ4n) is 2.66. The minimum atomic E-state index is 0.511. The maximum atomic E-state index is 11.1. The minimum absolute atomic E-state index is 0.511. The Balaban J connectivity index is 2.21. The molecule has 2 aromatic rings. The highest BCUT2D eigenvalue weighted by Crippen LogP contribution is 2.34. The number of rotatable bonds is 2. The quantitative estimate of drug-likeness (QED) is 0.793. The smallest absolute Gasteiger partial charge is 0.170 e. The van der Waals surface area contributed by atoms with Crippen LogP contribution in [0.1, 0.15) is 47.9 Å². The van der Waals surface area contributed by atoms with Crippen molar-refractivity contribution in [1.29, 1.82) is 0 Å². The molecule has 17 heavy (non-hydrogen) atoms. The van der Waals surface area contributed by atoms with E-state index in [0.29, 0.717) is 11.6 Å². The summed E-state index contributed by atoms with van der Waals surface area (Å²) in [7, 11) is 0. The molecule has 1 aliphatic rings. The Morgan fingerprint density at radius 3 is 2.88 bits per heavy atom. The molecule has 1 fully saturated rings. The molecule has 0 aromatic carbocycles. The van der Waals surface area contributed by atoms with E-state index in [2.05, 4.69) is 25.3 Å². The van der Waals surface area contributed by atoms with Crippen molar-refractivity contribution in [3.8, 4) is 0 Å². The second kappa shape index (κ2) is 4.26. The SMILES string of the molecule is O=Cc1nc(C2CCCC2)n2ccc(Br)cc12. The summed E-state index contributed by atoms with van der Waals surface area (Å²) in [6.45, 7) is 0. The van der Waals surface area contributed by atoms with Gasteiger partial charge < -0.3 is 4.40 Å². The summed E-state index contributed by atoms with van der Waals surface area (Å²) >= 11 is 3.43. The van der Waals surface area contributed by atoms with E-state index >= 15 is 0 Å². The molecule has 4 heteroatoms. The predicted molar refractivity (Wildman–Crippen MR) is 69.5 cm³/mol. The first-order valence-electron chi connectivity index (χ1n) is 5.92. The van der Waals surface area contributed by atoms with Crippen LogP contribution in [0.3, 0.4) is 0 Å². The van der Waals surface area contributed by atoms with E-state index in [1.807, 2.05) is 18.3 Å². The Labute approximate surface area is 108 Å². The standard InChI is InChI=1S/C13H13BrN2O/c14-10-5-6-16-12(7-10)11(8-17)15-13(16)9-3-1-2-4-9/h5-9H,1-4H2. The fourth-order valence-corrected chi connectivity index (χ4v) is 3.00. The predicted octanol–water partition coefficient (Wildman–Crippen LogP) is 3.57. The van der Waals surface area contributed by atoms with Crippen LogP contribution in [0.2, 0.25) is 0 Å². The van der Waals surface area contributed by atoms with Gasteiger partial charge in [0.1, 0.15) is 11.5 Å². The van der Waals surface area contributed by atoms with Crippen LogP contribution in [0, 0.1) is 0 Å². The molecule has 0 atom stereocenters. The Morgan fingerprint density at radius 1 is 1.41 bits per heavy atom. The molecule has 0 unspecified atom stereocenters. The molecule has 3 rings (SSSR count). The van der Waals surface area contributed by atoms with Crippen LogP contribution in [-0.2, 0) is 0 Å². The van der Waals surface area contributed by atoms with Gasteiger partial charge in [0, 0.05) is 16.6 Å². The van der Waals surface area contributed by atoms with E-state index < -0.39 is 0 Å². The topological polar surface area (TPSA) is 34.4 Å². The first-order chi connectivity index (χ1) is 8.29. The largest absolute Gasteiger partial charge is 0.303 e. The van der Waals surface area contributed by atoms with E-state index in [4.69, 9.17) is 0 Å². The van der Waals surface area contributed by atoms with E-state index in [1.165, 1.54) is 25.7 Å². The zero-order chi connectivity index (χ0) is 11.8. The van der Waals surface area contributed by atoms with Gasteiger partial charge >= 0.3 is 0 Å². The lowest BCUT2D eigenvalue weighted by Gasteiger charge is -2.07. The Bertz CT molecular complexity index is 570. The molecule has 0 bridgehead atoms. The highest BCUT2D eigenvalue weighted by molar-refractivity contribution is 9.10. The van der Waals surface area contributed by atoms with Crippen LogP contribution in [0.4, 0.5) is 0 Å². The van der Waals surface area contributed by atoms with Gasteiger partial charge in [0.05, 0.1) is 5.52 Å². The van der Waals surface area contributed by atoms with Crippen molar-refractivity contribution in [2.45, 2.75) is 31.6 Å². The number of carbonyl (C=O) groups excluding carboxylic acids is 1. The number of aromatic nitrogens is 2. The van der Waals surface area contributed by atoms with Gasteiger partial charge in [-0.15, -0.1) is 0 Å². The van der Waals surface area contributed by atoms with Gasteiger partial charge in [0.15, 0.2) is 6.29 Å². The van der Waals surface area contributed by atoms with Crippen LogP contribution in [-0.4, -0.2) is 15.7 Å². The highest BCUT2D eigenvalue weighted by atomic mass is 79.9. The molecule has 1 saturated carbocycles. The third kappa shape index (κ3) is 1.80. The van der Waals surface area contributed by atoms with Gasteiger partial charge in [-0.2, -0.15) is 0 Å². The van der Waals surface area contributed by atoms with Crippen molar-refractivity contribution in [3.05, 3.63) is 34.3 Å². The van der Waals surface area contributed by atoms with E-state index in [1.54, 1.807) is 0 Å². The maximum absolute atomic E-state index is 11.1. The van der Waals surface area contributed by atoms with Crippen molar-refractivity contribution in [2.75, 3.05) is 0 Å². The molecule has 2 aromatic heterocycles. The van der Waals surface area contributed by atoms with Crippen LogP contribution < -0.4 is 0 Å². The summed E-state index contributed by atoms with van der Waals surface area (Å²) in [6, 6.07) is 3.94. The second-order valence-corrected chi connectivity index (χ2v) is 5.47. The molecule has 0 N–H and O–H groups in total. The summed E-state index contributed by atoms with van der Waals surface area (Å²) in [5, 5.41) is 0. The molecule has 88 valence electrons. The molecule has 1 aliphatic carbocycles. The molecule has 3 nitrogen and oxygen atoms in total.